The molecular weight excluding hydrogens is 334 g/mol. The number of hydrogen-bond acceptors (Lipinski definition) is 5. The van der Waals surface area contributed by atoms with Gasteiger partial charge in [0.1, 0.15) is 11.9 Å². The maximum absolute atomic E-state index is 12.2. The molecule has 0 aliphatic carbocycles. The van der Waals surface area contributed by atoms with Crippen LogP contribution in [0.25, 0.3) is 0 Å². The van der Waals surface area contributed by atoms with E-state index in [-0.39, 0.29) is 18.4 Å². The molecule has 1 atom stereocenters. The highest BCUT2D eigenvalue weighted by Gasteiger charge is 2.21. The Morgan fingerprint density at radius 3 is 2.65 bits per heavy atom. The number of benzene rings is 2. The van der Waals surface area contributed by atoms with E-state index in [0.29, 0.717) is 30.3 Å². The van der Waals surface area contributed by atoms with Gasteiger partial charge in [-0.2, -0.15) is 0 Å². The van der Waals surface area contributed by atoms with Crippen molar-refractivity contribution in [2.75, 3.05) is 36.9 Å². The van der Waals surface area contributed by atoms with Crippen molar-refractivity contribution in [3.05, 3.63) is 54.6 Å². The van der Waals surface area contributed by atoms with E-state index in [0.717, 1.165) is 6.54 Å². The Kier molecular flexibility index (Phi) is 6.19. The molecule has 2 aromatic carbocycles. The third kappa shape index (κ3) is 5.30. The number of anilines is 2. The molecule has 1 fully saturated rings. The Morgan fingerprint density at radius 2 is 1.88 bits per heavy atom. The van der Waals surface area contributed by atoms with Crippen LogP contribution >= 0.6 is 0 Å². The van der Waals surface area contributed by atoms with E-state index in [2.05, 4.69) is 16.0 Å². The van der Waals surface area contributed by atoms with E-state index in [1.807, 2.05) is 18.2 Å². The fraction of sp³-hybridized carbons (Fsp3) is 0.263. The van der Waals surface area contributed by atoms with Gasteiger partial charge in [-0.1, -0.05) is 24.3 Å². The second kappa shape index (κ2) is 8.98. The molecule has 0 radical (unpaired) electrons. The predicted molar refractivity (Wildman–Crippen MR) is 98.2 cm³/mol. The number of nitrogens with one attached hydrogen (secondary N) is 3. The lowest BCUT2D eigenvalue weighted by Gasteiger charge is -2.22. The lowest BCUT2D eigenvalue weighted by atomic mass is 10.2. The SMILES string of the molecule is O=C(COc1cccc(NC(=O)C2CNCCO2)c1)Nc1ccccc1. The van der Waals surface area contributed by atoms with E-state index in [1.54, 1.807) is 36.4 Å². The van der Waals surface area contributed by atoms with Crippen LogP contribution in [-0.4, -0.2) is 44.2 Å². The largest absolute Gasteiger partial charge is 0.484 e. The molecule has 2 amide bonds. The summed E-state index contributed by atoms with van der Waals surface area (Å²) >= 11 is 0. The smallest absolute Gasteiger partial charge is 0.262 e. The van der Waals surface area contributed by atoms with Gasteiger partial charge in [0.05, 0.1) is 6.61 Å². The zero-order valence-corrected chi connectivity index (χ0v) is 14.2. The fourth-order valence-corrected chi connectivity index (χ4v) is 2.49. The summed E-state index contributed by atoms with van der Waals surface area (Å²) in [6.07, 6.45) is -0.509. The monoisotopic (exact) mass is 355 g/mol. The predicted octanol–water partition coefficient (Wildman–Crippen LogP) is 1.63. The van der Waals surface area contributed by atoms with Gasteiger partial charge in [-0.25, -0.2) is 0 Å². The number of carbonyl (C=O) groups excluding carboxylic acids is 2. The van der Waals surface area contributed by atoms with Gasteiger partial charge >= 0.3 is 0 Å². The minimum Gasteiger partial charge on any atom is -0.484 e. The summed E-state index contributed by atoms with van der Waals surface area (Å²) in [4.78, 5) is 24.1. The third-order valence-electron chi connectivity index (χ3n) is 3.75. The molecule has 0 aromatic heterocycles. The highest BCUT2D eigenvalue weighted by Crippen LogP contribution is 2.18. The van der Waals surface area contributed by atoms with Crippen LogP contribution in [0.1, 0.15) is 0 Å². The molecule has 26 heavy (non-hydrogen) atoms. The van der Waals surface area contributed by atoms with E-state index in [9.17, 15) is 9.59 Å². The van der Waals surface area contributed by atoms with Crippen LogP contribution in [0.3, 0.4) is 0 Å². The third-order valence-corrected chi connectivity index (χ3v) is 3.75. The summed E-state index contributed by atoms with van der Waals surface area (Å²) < 4.78 is 10.9. The van der Waals surface area contributed by atoms with Crippen molar-refractivity contribution < 1.29 is 19.1 Å². The van der Waals surface area contributed by atoms with Crippen LogP contribution in [-0.2, 0) is 14.3 Å². The summed E-state index contributed by atoms with van der Waals surface area (Å²) in [7, 11) is 0. The number of amides is 2. The highest BCUT2D eigenvalue weighted by molar-refractivity contribution is 5.94. The van der Waals surface area contributed by atoms with Crippen molar-refractivity contribution in [1.82, 2.24) is 5.32 Å². The molecule has 1 heterocycles. The van der Waals surface area contributed by atoms with Crippen LogP contribution in [0, 0.1) is 0 Å². The van der Waals surface area contributed by atoms with Gasteiger partial charge < -0.3 is 25.4 Å². The Bertz CT molecular complexity index is 745. The molecular formula is C19H21N3O4. The van der Waals surface area contributed by atoms with Gasteiger partial charge in [0.25, 0.3) is 11.8 Å². The summed E-state index contributed by atoms with van der Waals surface area (Å²) in [5.74, 6) is 0.0252. The van der Waals surface area contributed by atoms with Crippen LogP contribution in [0.15, 0.2) is 54.6 Å². The molecule has 3 N–H and O–H groups in total. The average molecular weight is 355 g/mol. The summed E-state index contributed by atoms with van der Waals surface area (Å²) in [5, 5.41) is 8.65. The van der Waals surface area contributed by atoms with Crippen molar-refractivity contribution in [2.45, 2.75) is 6.10 Å². The minimum atomic E-state index is -0.509. The van der Waals surface area contributed by atoms with Crippen molar-refractivity contribution in [3.63, 3.8) is 0 Å². The maximum atomic E-state index is 12.2. The van der Waals surface area contributed by atoms with Gasteiger partial charge in [0.2, 0.25) is 0 Å². The van der Waals surface area contributed by atoms with Crippen molar-refractivity contribution in [3.8, 4) is 5.75 Å². The minimum absolute atomic E-state index is 0.123. The van der Waals surface area contributed by atoms with Gasteiger partial charge in [0, 0.05) is 30.5 Å². The first-order valence-corrected chi connectivity index (χ1v) is 8.42. The molecule has 2 aromatic rings. The van der Waals surface area contributed by atoms with Crippen LogP contribution < -0.4 is 20.7 Å². The first kappa shape index (κ1) is 17.9. The average Bonchev–Trinajstić information content (AvgIpc) is 2.68. The molecule has 7 heteroatoms. The Morgan fingerprint density at radius 1 is 1.08 bits per heavy atom. The fourth-order valence-electron chi connectivity index (χ4n) is 2.49. The second-order valence-electron chi connectivity index (χ2n) is 5.78. The summed E-state index contributed by atoms with van der Waals surface area (Å²) in [5.41, 5.74) is 1.30. The zero-order chi connectivity index (χ0) is 18.2. The standard InChI is InChI=1S/C19H21N3O4/c23-18(21-14-5-2-1-3-6-14)13-26-16-8-4-7-15(11-16)22-19(24)17-12-20-9-10-25-17/h1-8,11,17,20H,9-10,12-13H2,(H,21,23)(H,22,24). The van der Waals surface area contributed by atoms with E-state index in [4.69, 9.17) is 9.47 Å². The van der Waals surface area contributed by atoms with E-state index in [1.165, 1.54) is 0 Å². The number of hydrogen-bond donors (Lipinski definition) is 3. The molecule has 3 rings (SSSR count). The molecule has 1 unspecified atom stereocenters. The van der Waals surface area contributed by atoms with Crippen molar-refractivity contribution in [1.29, 1.82) is 0 Å². The molecule has 0 saturated carbocycles. The van der Waals surface area contributed by atoms with Gasteiger partial charge in [-0.15, -0.1) is 0 Å². The summed E-state index contributed by atoms with van der Waals surface area (Å²) in [6.45, 7) is 1.62. The quantitative estimate of drug-likeness (QED) is 0.733. The van der Waals surface area contributed by atoms with E-state index < -0.39 is 6.10 Å². The van der Waals surface area contributed by atoms with E-state index >= 15 is 0 Å². The van der Waals surface area contributed by atoms with Crippen LogP contribution in [0.4, 0.5) is 11.4 Å². The lowest BCUT2D eigenvalue weighted by Crippen LogP contribution is -2.45. The maximum Gasteiger partial charge on any atom is 0.262 e. The molecule has 1 saturated heterocycles. The molecule has 1 aliphatic rings. The number of para-hydroxylation sites is 1. The highest BCUT2D eigenvalue weighted by atomic mass is 16.5. The van der Waals surface area contributed by atoms with Crippen molar-refractivity contribution in [2.24, 2.45) is 0 Å². The second-order valence-corrected chi connectivity index (χ2v) is 5.78. The van der Waals surface area contributed by atoms with Crippen molar-refractivity contribution >= 4 is 23.2 Å². The molecule has 0 spiro atoms. The van der Waals surface area contributed by atoms with Gasteiger partial charge in [-0.3, -0.25) is 9.59 Å². The first-order valence-electron chi connectivity index (χ1n) is 8.42. The van der Waals surface area contributed by atoms with Crippen LogP contribution in [0.5, 0.6) is 5.75 Å². The first-order chi connectivity index (χ1) is 12.7. The van der Waals surface area contributed by atoms with Gasteiger partial charge in [0.15, 0.2) is 6.61 Å². The number of morpholine rings is 1. The topological polar surface area (TPSA) is 88.7 Å². The number of ether oxygens (including phenoxy) is 2. The summed E-state index contributed by atoms with van der Waals surface area (Å²) in [6, 6.07) is 16.1. The number of carbonyl (C=O) groups is 2. The molecule has 0 bridgehead atoms. The molecule has 1 aliphatic heterocycles. The normalized spacial score (nSPS) is 16.5. The Labute approximate surface area is 151 Å². The van der Waals surface area contributed by atoms with Gasteiger partial charge in [-0.05, 0) is 24.3 Å². The molecule has 7 nitrogen and oxygen atoms in total. The Hall–Kier alpha value is -2.90. The van der Waals surface area contributed by atoms with Crippen LogP contribution in [0.2, 0.25) is 0 Å². The number of rotatable bonds is 6. The Balaban J connectivity index is 1.50. The molecule has 136 valence electrons. The zero-order valence-electron chi connectivity index (χ0n) is 14.2. The lowest BCUT2D eigenvalue weighted by molar-refractivity contribution is -0.128.